The van der Waals surface area contributed by atoms with Crippen molar-refractivity contribution in [3.05, 3.63) is 58.2 Å². The molecule has 0 fully saturated rings. The first kappa shape index (κ1) is 20.2. The van der Waals surface area contributed by atoms with Gasteiger partial charge in [0.05, 0.1) is 5.56 Å². The van der Waals surface area contributed by atoms with Gasteiger partial charge in [0.15, 0.2) is 29.1 Å². The molecule has 0 aliphatic carbocycles. The summed E-state index contributed by atoms with van der Waals surface area (Å²) in [6.45, 7) is 0. The molecule has 27 heavy (non-hydrogen) atoms. The fraction of sp³-hybridized carbons (Fsp3) is 0.222. The van der Waals surface area contributed by atoms with Crippen molar-refractivity contribution >= 4 is 23.1 Å². The summed E-state index contributed by atoms with van der Waals surface area (Å²) in [7, 11) is 6.63. The molecule has 0 aliphatic rings. The second-order valence-corrected chi connectivity index (χ2v) is 6.13. The third kappa shape index (κ3) is 3.44. The van der Waals surface area contributed by atoms with Gasteiger partial charge in [-0.1, -0.05) is 0 Å². The third-order valence-electron chi connectivity index (χ3n) is 3.93. The van der Waals surface area contributed by atoms with Gasteiger partial charge >= 0.3 is 5.97 Å². The van der Waals surface area contributed by atoms with E-state index >= 15 is 0 Å². The second kappa shape index (κ2) is 7.26. The van der Waals surface area contributed by atoms with Crippen LogP contribution in [0.25, 0.3) is 0 Å². The number of halogens is 4. The van der Waals surface area contributed by atoms with E-state index in [2.05, 4.69) is 0 Å². The summed E-state index contributed by atoms with van der Waals surface area (Å²) in [6.07, 6.45) is 0. The molecular formula is C18H16F4N2O3. The number of carboxylic acids is 1. The Labute approximate surface area is 152 Å². The van der Waals surface area contributed by atoms with E-state index in [0.29, 0.717) is 5.69 Å². The van der Waals surface area contributed by atoms with E-state index in [4.69, 9.17) is 5.11 Å². The largest absolute Gasteiger partial charge is 0.478 e. The molecule has 0 saturated carbocycles. The number of aromatic carboxylic acids is 1. The van der Waals surface area contributed by atoms with Crippen LogP contribution in [0.3, 0.4) is 0 Å². The molecule has 0 bridgehead atoms. The lowest BCUT2D eigenvalue weighted by molar-refractivity contribution is 0.0684. The topological polar surface area (TPSA) is 60.9 Å². The molecule has 0 radical (unpaired) electrons. The van der Waals surface area contributed by atoms with Crippen molar-refractivity contribution in [1.29, 1.82) is 0 Å². The van der Waals surface area contributed by atoms with E-state index in [1.807, 2.05) is 0 Å². The smallest absolute Gasteiger partial charge is 0.339 e. The molecule has 0 heterocycles. The molecule has 0 aromatic heterocycles. The quantitative estimate of drug-likeness (QED) is 0.371. The van der Waals surface area contributed by atoms with E-state index in [-0.39, 0.29) is 11.3 Å². The Morgan fingerprint density at radius 3 is 1.78 bits per heavy atom. The standard InChI is InChI=1S/C18H16F4N2O3/c1-23(2)8-5-6-9(10(7-8)24(3)4)17(25)11-12(18(26)27)14(20)16(22)15(21)13(11)19/h5-7H,1-4H3,(H,26,27). The van der Waals surface area contributed by atoms with Gasteiger partial charge in [-0.3, -0.25) is 4.79 Å². The Morgan fingerprint density at radius 2 is 1.33 bits per heavy atom. The number of ketones is 1. The third-order valence-corrected chi connectivity index (χ3v) is 3.93. The number of anilines is 2. The van der Waals surface area contributed by atoms with Crippen molar-refractivity contribution < 1.29 is 32.3 Å². The predicted molar refractivity (Wildman–Crippen MR) is 91.8 cm³/mol. The zero-order chi connectivity index (χ0) is 20.6. The first-order valence-corrected chi connectivity index (χ1v) is 7.61. The van der Waals surface area contributed by atoms with Crippen molar-refractivity contribution in [2.24, 2.45) is 0 Å². The summed E-state index contributed by atoms with van der Waals surface area (Å²) >= 11 is 0. The van der Waals surface area contributed by atoms with Crippen LogP contribution >= 0.6 is 0 Å². The van der Waals surface area contributed by atoms with Crippen LogP contribution in [-0.2, 0) is 0 Å². The van der Waals surface area contributed by atoms with Crippen molar-refractivity contribution in [2.75, 3.05) is 38.0 Å². The van der Waals surface area contributed by atoms with Gasteiger partial charge in [0.1, 0.15) is 5.56 Å². The lowest BCUT2D eigenvalue weighted by Crippen LogP contribution is -2.21. The second-order valence-electron chi connectivity index (χ2n) is 6.13. The van der Waals surface area contributed by atoms with Gasteiger partial charge in [-0.15, -0.1) is 0 Å². The number of carbonyl (C=O) groups excluding carboxylic acids is 1. The van der Waals surface area contributed by atoms with E-state index in [1.54, 1.807) is 39.2 Å². The molecular weight excluding hydrogens is 368 g/mol. The summed E-state index contributed by atoms with van der Waals surface area (Å²) in [5.41, 5.74) is -2.20. The first-order valence-electron chi connectivity index (χ1n) is 7.61. The normalized spacial score (nSPS) is 10.7. The molecule has 0 amide bonds. The molecule has 144 valence electrons. The molecule has 9 heteroatoms. The first-order chi connectivity index (χ1) is 12.5. The Hall–Kier alpha value is -3.10. The van der Waals surface area contributed by atoms with Crippen LogP contribution in [0.15, 0.2) is 18.2 Å². The molecule has 0 atom stereocenters. The average molecular weight is 384 g/mol. The molecule has 2 aromatic rings. The van der Waals surface area contributed by atoms with Crippen molar-refractivity contribution in [3.63, 3.8) is 0 Å². The van der Waals surface area contributed by atoms with Crippen LogP contribution in [0, 0.1) is 23.3 Å². The summed E-state index contributed by atoms with van der Waals surface area (Å²) in [5.74, 6) is -12.1. The molecule has 0 spiro atoms. The van der Waals surface area contributed by atoms with E-state index in [1.165, 1.54) is 17.0 Å². The summed E-state index contributed by atoms with van der Waals surface area (Å²) < 4.78 is 55.3. The zero-order valence-corrected chi connectivity index (χ0v) is 14.9. The van der Waals surface area contributed by atoms with E-state index < -0.39 is 46.1 Å². The van der Waals surface area contributed by atoms with Gasteiger partial charge < -0.3 is 14.9 Å². The monoisotopic (exact) mass is 384 g/mol. The highest BCUT2D eigenvalue weighted by atomic mass is 19.2. The maximum absolute atomic E-state index is 14.3. The number of benzene rings is 2. The van der Waals surface area contributed by atoms with Crippen LogP contribution in [0.2, 0.25) is 0 Å². The minimum atomic E-state index is -2.29. The summed E-state index contributed by atoms with van der Waals surface area (Å²) in [5, 5.41) is 9.11. The SMILES string of the molecule is CN(C)c1ccc(C(=O)c2c(F)c(F)c(F)c(F)c2C(=O)O)c(N(C)C)c1. The van der Waals surface area contributed by atoms with Crippen LogP contribution in [0.1, 0.15) is 26.3 Å². The van der Waals surface area contributed by atoms with Crippen molar-refractivity contribution in [2.45, 2.75) is 0 Å². The number of carbonyl (C=O) groups is 2. The van der Waals surface area contributed by atoms with Crippen LogP contribution in [0.5, 0.6) is 0 Å². The van der Waals surface area contributed by atoms with E-state index in [0.717, 1.165) is 0 Å². The van der Waals surface area contributed by atoms with E-state index in [9.17, 15) is 27.2 Å². The molecule has 2 aromatic carbocycles. The number of nitrogens with zero attached hydrogens (tertiary/aromatic N) is 2. The molecule has 0 aliphatic heterocycles. The van der Waals surface area contributed by atoms with Crippen LogP contribution in [-0.4, -0.2) is 45.0 Å². The van der Waals surface area contributed by atoms with Crippen LogP contribution in [0.4, 0.5) is 28.9 Å². The predicted octanol–water partition coefficient (Wildman–Crippen LogP) is 3.30. The number of rotatable bonds is 5. The Balaban J connectivity index is 2.82. The zero-order valence-electron chi connectivity index (χ0n) is 14.9. The van der Waals surface area contributed by atoms with Gasteiger partial charge in [0.25, 0.3) is 0 Å². The van der Waals surface area contributed by atoms with Gasteiger partial charge in [-0.25, -0.2) is 22.4 Å². The fourth-order valence-electron chi connectivity index (χ4n) is 2.54. The van der Waals surface area contributed by atoms with Gasteiger partial charge in [0, 0.05) is 45.1 Å². The van der Waals surface area contributed by atoms with Crippen LogP contribution < -0.4 is 9.80 Å². The molecule has 1 N–H and O–H groups in total. The Kier molecular flexibility index (Phi) is 5.43. The molecule has 2 rings (SSSR count). The molecule has 0 unspecified atom stereocenters. The number of hydrogen-bond acceptors (Lipinski definition) is 4. The van der Waals surface area contributed by atoms with Gasteiger partial charge in [-0.2, -0.15) is 0 Å². The van der Waals surface area contributed by atoms with Crippen molar-refractivity contribution in [1.82, 2.24) is 0 Å². The van der Waals surface area contributed by atoms with Gasteiger partial charge in [0.2, 0.25) is 0 Å². The maximum atomic E-state index is 14.3. The van der Waals surface area contributed by atoms with Crippen molar-refractivity contribution in [3.8, 4) is 0 Å². The summed E-state index contributed by atoms with van der Waals surface area (Å²) in [4.78, 5) is 27.3. The minimum absolute atomic E-state index is 0.197. The fourth-order valence-corrected chi connectivity index (χ4v) is 2.54. The lowest BCUT2D eigenvalue weighted by Gasteiger charge is -2.21. The highest BCUT2D eigenvalue weighted by molar-refractivity contribution is 6.17. The average Bonchev–Trinajstić information content (AvgIpc) is 2.61. The molecule has 5 nitrogen and oxygen atoms in total. The number of hydrogen-bond donors (Lipinski definition) is 1. The van der Waals surface area contributed by atoms with Gasteiger partial charge in [-0.05, 0) is 18.2 Å². The minimum Gasteiger partial charge on any atom is -0.478 e. The highest BCUT2D eigenvalue weighted by Crippen LogP contribution is 2.31. The number of carboxylic acid groups (broad SMARTS) is 1. The highest BCUT2D eigenvalue weighted by Gasteiger charge is 2.34. The maximum Gasteiger partial charge on any atom is 0.339 e. The molecule has 0 saturated heterocycles. The summed E-state index contributed by atoms with van der Waals surface area (Å²) in [6, 6.07) is 4.33. The Bertz CT molecular complexity index is 943. The Morgan fingerprint density at radius 1 is 0.815 bits per heavy atom. The lowest BCUT2D eigenvalue weighted by atomic mass is 9.95.